The van der Waals surface area contributed by atoms with Crippen molar-refractivity contribution in [2.75, 3.05) is 13.2 Å². The Labute approximate surface area is 196 Å². The fourth-order valence-electron chi connectivity index (χ4n) is 5.07. The Morgan fingerprint density at radius 3 is 2.58 bits per heavy atom. The Kier molecular flexibility index (Phi) is 6.66. The van der Waals surface area contributed by atoms with Gasteiger partial charge in [-0.1, -0.05) is 26.0 Å². The van der Waals surface area contributed by atoms with Gasteiger partial charge >= 0.3 is 5.97 Å². The second-order valence-corrected chi connectivity index (χ2v) is 10.4. The van der Waals surface area contributed by atoms with Crippen molar-refractivity contribution in [3.8, 4) is 5.75 Å². The molecule has 0 aromatic heterocycles. The molecule has 0 amide bonds. The van der Waals surface area contributed by atoms with Crippen molar-refractivity contribution in [3.63, 3.8) is 0 Å². The van der Waals surface area contributed by atoms with Crippen LogP contribution < -0.4 is 10.1 Å². The molecule has 2 heterocycles. The Balaban J connectivity index is 1.69. The van der Waals surface area contributed by atoms with Gasteiger partial charge in [-0.05, 0) is 63.1 Å². The molecule has 0 bridgehead atoms. The average molecular weight is 454 g/mol. The number of Topliss-reactive ketones (excluding diaryl/α,β-unsaturated/α-hetero) is 1. The van der Waals surface area contributed by atoms with E-state index in [1.807, 2.05) is 45.0 Å². The predicted octanol–water partition coefficient (Wildman–Crippen LogP) is 4.80. The lowest BCUT2D eigenvalue weighted by Gasteiger charge is -2.39. The zero-order valence-electron chi connectivity index (χ0n) is 20.3. The second-order valence-electron chi connectivity index (χ2n) is 10.4. The molecule has 0 radical (unpaired) electrons. The molecule has 0 unspecified atom stereocenters. The molecule has 2 atom stereocenters. The van der Waals surface area contributed by atoms with Crippen LogP contribution >= 0.6 is 0 Å². The average Bonchev–Trinajstić information content (AvgIpc) is 3.24. The van der Waals surface area contributed by atoms with E-state index in [1.54, 1.807) is 0 Å². The van der Waals surface area contributed by atoms with Crippen molar-refractivity contribution >= 4 is 11.8 Å². The molecule has 0 spiro atoms. The van der Waals surface area contributed by atoms with Crippen LogP contribution in [0.15, 0.2) is 46.8 Å². The lowest BCUT2D eigenvalue weighted by molar-refractivity contribution is -0.142. The predicted molar refractivity (Wildman–Crippen MR) is 126 cm³/mol. The number of benzene rings is 1. The van der Waals surface area contributed by atoms with Crippen LogP contribution in [0.5, 0.6) is 5.75 Å². The summed E-state index contributed by atoms with van der Waals surface area (Å²) >= 11 is 0. The molecule has 3 aliphatic rings. The minimum absolute atomic E-state index is 0.0517. The van der Waals surface area contributed by atoms with Crippen molar-refractivity contribution in [3.05, 3.63) is 52.4 Å². The monoisotopic (exact) mass is 453 g/mol. The van der Waals surface area contributed by atoms with Crippen LogP contribution in [0.3, 0.4) is 0 Å². The van der Waals surface area contributed by atoms with E-state index in [2.05, 4.69) is 19.2 Å². The number of esters is 1. The van der Waals surface area contributed by atoms with Gasteiger partial charge in [0, 0.05) is 35.9 Å². The van der Waals surface area contributed by atoms with Crippen molar-refractivity contribution in [1.29, 1.82) is 0 Å². The third kappa shape index (κ3) is 5.16. The summed E-state index contributed by atoms with van der Waals surface area (Å²) in [6, 6.07) is 7.71. The molecule has 6 heteroatoms. The molecule has 1 saturated heterocycles. The van der Waals surface area contributed by atoms with Crippen molar-refractivity contribution in [1.82, 2.24) is 5.32 Å². The number of rotatable bonds is 6. The number of ether oxygens (including phenoxy) is 3. The summed E-state index contributed by atoms with van der Waals surface area (Å²) in [7, 11) is 0. The van der Waals surface area contributed by atoms with E-state index in [1.165, 1.54) is 0 Å². The molecule has 2 aliphatic heterocycles. The van der Waals surface area contributed by atoms with Gasteiger partial charge in [-0.15, -0.1) is 0 Å². The molecule has 1 fully saturated rings. The highest BCUT2D eigenvalue weighted by molar-refractivity contribution is 6.04. The van der Waals surface area contributed by atoms with Gasteiger partial charge in [0.1, 0.15) is 12.4 Å². The van der Waals surface area contributed by atoms with Crippen LogP contribution in [0.1, 0.15) is 71.8 Å². The van der Waals surface area contributed by atoms with E-state index < -0.39 is 11.9 Å². The van der Waals surface area contributed by atoms with Gasteiger partial charge in [0.15, 0.2) is 5.78 Å². The maximum Gasteiger partial charge on any atom is 0.336 e. The quantitative estimate of drug-likeness (QED) is 0.624. The van der Waals surface area contributed by atoms with Gasteiger partial charge in [0.25, 0.3) is 0 Å². The molecule has 6 nitrogen and oxygen atoms in total. The standard InChI is InChI=1S/C27H35NO5/c1-16(2)33-19-10-8-18(9-11-19)24-23(26(30)32-15-20-7-6-12-31-20)17(3)28-21-13-27(4,5)14-22(29)25(21)24/h8-11,16,20,24,28H,6-7,12-15H2,1-5H3/t20-,24+/m0/s1. The van der Waals surface area contributed by atoms with E-state index in [4.69, 9.17) is 14.2 Å². The van der Waals surface area contributed by atoms with E-state index >= 15 is 0 Å². The smallest absolute Gasteiger partial charge is 0.336 e. The maximum atomic E-state index is 13.4. The lowest BCUT2D eigenvalue weighted by atomic mass is 9.68. The third-order valence-corrected chi connectivity index (χ3v) is 6.47. The first-order valence-corrected chi connectivity index (χ1v) is 11.9. The van der Waals surface area contributed by atoms with Gasteiger partial charge in [-0.3, -0.25) is 4.79 Å². The number of carbonyl (C=O) groups excluding carboxylic acids is 2. The first kappa shape index (κ1) is 23.6. The third-order valence-electron chi connectivity index (χ3n) is 6.47. The maximum absolute atomic E-state index is 13.4. The van der Waals surface area contributed by atoms with Gasteiger partial charge < -0.3 is 19.5 Å². The summed E-state index contributed by atoms with van der Waals surface area (Å²) in [5.74, 6) is -0.0171. The van der Waals surface area contributed by atoms with Crippen LogP contribution in [0, 0.1) is 5.41 Å². The lowest BCUT2D eigenvalue weighted by Crippen LogP contribution is -2.39. The summed E-state index contributed by atoms with van der Waals surface area (Å²) in [6.07, 6.45) is 3.11. The van der Waals surface area contributed by atoms with Gasteiger partial charge in [-0.2, -0.15) is 0 Å². The highest BCUT2D eigenvalue weighted by Gasteiger charge is 2.43. The number of nitrogens with one attached hydrogen (secondary N) is 1. The fraction of sp³-hybridized carbons (Fsp3) is 0.556. The molecule has 4 rings (SSSR count). The number of allylic oxidation sites excluding steroid dienone is 3. The van der Waals surface area contributed by atoms with Crippen molar-refractivity contribution in [2.45, 2.75) is 78.4 Å². The van der Waals surface area contributed by atoms with Crippen LogP contribution in [0.2, 0.25) is 0 Å². The van der Waals surface area contributed by atoms with Crippen LogP contribution in [-0.4, -0.2) is 37.2 Å². The summed E-state index contributed by atoms with van der Waals surface area (Å²) in [5.41, 5.74) is 3.59. The topological polar surface area (TPSA) is 73.9 Å². The van der Waals surface area contributed by atoms with Crippen LogP contribution in [0.4, 0.5) is 0 Å². The summed E-state index contributed by atoms with van der Waals surface area (Å²) in [5, 5.41) is 3.38. The number of hydrogen-bond acceptors (Lipinski definition) is 6. The largest absolute Gasteiger partial charge is 0.491 e. The SMILES string of the molecule is CC1=C(C(=O)OC[C@@H]2CCCO2)[C@@H](c2ccc(OC(C)C)cc2)C2=C(CC(C)(C)CC2=O)N1. The molecular formula is C27H35NO5. The molecular weight excluding hydrogens is 418 g/mol. The normalized spacial score (nSPS) is 24.6. The van der Waals surface area contributed by atoms with E-state index in [-0.39, 0.29) is 30.0 Å². The van der Waals surface area contributed by atoms with Gasteiger partial charge in [-0.25, -0.2) is 4.79 Å². The minimum Gasteiger partial charge on any atom is -0.491 e. The number of carbonyl (C=O) groups is 2. The first-order chi connectivity index (χ1) is 15.6. The number of ketones is 1. The first-order valence-electron chi connectivity index (χ1n) is 11.9. The molecule has 178 valence electrons. The highest BCUT2D eigenvalue weighted by Crippen LogP contribution is 2.47. The van der Waals surface area contributed by atoms with Crippen LogP contribution in [-0.2, 0) is 19.1 Å². The number of hydrogen-bond donors (Lipinski definition) is 1. The minimum atomic E-state index is -0.463. The molecule has 1 aliphatic carbocycles. The Morgan fingerprint density at radius 1 is 1.21 bits per heavy atom. The van der Waals surface area contributed by atoms with Gasteiger partial charge in [0.05, 0.1) is 17.8 Å². The summed E-state index contributed by atoms with van der Waals surface area (Å²) in [6.45, 7) is 11.0. The van der Waals surface area contributed by atoms with Crippen LogP contribution in [0.25, 0.3) is 0 Å². The Hall–Kier alpha value is -2.60. The zero-order chi connectivity index (χ0) is 23.8. The second kappa shape index (κ2) is 9.34. The van der Waals surface area contributed by atoms with Crippen molar-refractivity contribution < 1.29 is 23.8 Å². The fourth-order valence-corrected chi connectivity index (χ4v) is 5.07. The highest BCUT2D eigenvalue weighted by atomic mass is 16.6. The van der Waals surface area contributed by atoms with E-state index in [0.717, 1.165) is 42.0 Å². The number of dihydropyridines is 1. The van der Waals surface area contributed by atoms with Gasteiger partial charge in [0.2, 0.25) is 0 Å². The molecule has 1 N–H and O–H groups in total. The zero-order valence-corrected chi connectivity index (χ0v) is 20.3. The van der Waals surface area contributed by atoms with Crippen molar-refractivity contribution in [2.24, 2.45) is 5.41 Å². The Bertz CT molecular complexity index is 980. The summed E-state index contributed by atoms with van der Waals surface area (Å²) < 4.78 is 17.1. The molecule has 0 saturated carbocycles. The Morgan fingerprint density at radius 2 is 1.94 bits per heavy atom. The van der Waals surface area contributed by atoms with E-state index in [9.17, 15) is 9.59 Å². The molecule has 1 aromatic rings. The molecule has 1 aromatic carbocycles. The van der Waals surface area contributed by atoms with E-state index in [0.29, 0.717) is 24.2 Å². The molecule has 33 heavy (non-hydrogen) atoms. The summed E-state index contributed by atoms with van der Waals surface area (Å²) in [4.78, 5) is 26.7.